The topological polar surface area (TPSA) is 85.2 Å². The van der Waals surface area contributed by atoms with Crippen LogP contribution in [0.1, 0.15) is 27.0 Å². The summed E-state index contributed by atoms with van der Waals surface area (Å²) in [6, 6.07) is 7.06. The molecule has 0 unspecified atom stereocenters. The molecule has 0 fully saturated rings. The number of aliphatic hydroxyl groups is 2. The Morgan fingerprint density at radius 1 is 1.04 bits per heavy atom. The molecule has 2 aliphatic rings. The number of rotatable bonds is 2. The molecule has 6 nitrogen and oxygen atoms in total. The number of aliphatic hydroxyl groups excluding tert-OH is 2. The first kappa shape index (κ1) is 15.5. The number of fused-ring (bicyclic) bond motifs is 2. The van der Waals surface area contributed by atoms with Crippen LogP contribution in [0.3, 0.4) is 0 Å². The highest BCUT2D eigenvalue weighted by Gasteiger charge is 2.30. The third kappa shape index (κ3) is 2.50. The molecule has 0 bridgehead atoms. The van der Waals surface area contributed by atoms with Gasteiger partial charge < -0.3 is 24.4 Å². The van der Waals surface area contributed by atoms with E-state index in [1.165, 1.54) is 0 Å². The van der Waals surface area contributed by atoms with Crippen LogP contribution >= 0.6 is 0 Å². The van der Waals surface area contributed by atoms with Gasteiger partial charge in [-0.15, -0.1) is 0 Å². The highest BCUT2D eigenvalue weighted by atomic mass is 16.7. The second-order valence-corrected chi connectivity index (χ2v) is 5.57. The smallest absolute Gasteiger partial charge is 0.339 e. The van der Waals surface area contributed by atoms with Crippen molar-refractivity contribution in [2.24, 2.45) is 0 Å². The number of hydrogen-bond donors (Lipinski definition) is 2. The fraction of sp³-hybridized carbons (Fsp3) is 0.211. The lowest BCUT2D eigenvalue weighted by Gasteiger charge is -2.14. The van der Waals surface area contributed by atoms with Gasteiger partial charge in [0.05, 0.1) is 12.2 Å². The quantitative estimate of drug-likeness (QED) is 0.639. The molecule has 2 aromatic rings. The van der Waals surface area contributed by atoms with Crippen LogP contribution in [0.25, 0.3) is 11.1 Å². The Morgan fingerprint density at radius 3 is 2.68 bits per heavy atom. The Labute approximate surface area is 143 Å². The number of esters is 1. The average Bonchev–Trinajstić information content (AvgIpc) is 3.24. The second kappa shape index (κ2) is 6.13. The van der Waals surface area contributed by atoms with E-state index in [0.29, 0.717) is 44.9 Å². The van der Waals surface area contributed by atoms with Gasteiger partial charge in [-0.2, -0.15) is 0 Å². The molecule has 0 saturated carbocycles. The van der Waals surface area contributed by atoms with Gasteiger partial charge in [0, 0.05) is 22.3 Å². The summed E-state index contributed by atoms with van der Waals surface area (Å²) in [5, 5.41) is 18.9. The summed E-state index contributed by atoms with van der Waals surface area (Å²) in [7, 11) is 0. The summed E-state index contributed by atoms with van der Waals surface area (Å²) in [5.41, 5.74) is 3.48. The van der Waals surface area contributed by atoms with Crippen LogP contribution in [0.4, 0.5) is 0 Å². The molecular weight excluding hydrogens is 324 g/mol. The molecule has 0 radical (unpaired) electrons. The van der Waals surface area contributed by atoms with Gasteiger partial charge in [-0.25, -0.2) is 4.79 Å². The first-order chi connectivity index (χ1) is 12.2. The average molecular weight is 338 g/mol. The number of ether oxygens (including phenoxy) is 3. The molecule has 4 rings (SSSR count). The minimum Gasteiger partial charge on any atom is -0.457 e. The van der Waals surface area contributed by atoms with Crippen molar-refractivity contribution in [3.8, 4) is 34.5 Å². The van der Waals surface area contributed by atoms with E-state index >= 15 is 0 Å². The van der Waals surface area contributed by atoms with E-state index in [2.05, 4.69) is 11.8 Å². The minimum absolute atomic E-state index is 0.147. The third-order valence-corrected chi connectivity index (χ3v) is 4.20. The maximum atomic E-state index is 12.3. The zero-order valence-corrected chi connectivity index (χ0v) is 13.2. The molecule has 126 valence electrons. The first-order valence-corrected chi connectivity index (χ1v) is 7.69. The molecule has 0 aromatic heterocycles. The van der Waals surface area contributed by atoms with E-state index in [-0.39, 0.29) is 26.6 Å². The Bertz CT molecular complexity index is 935. The number of benzene rings is 2. The van der Waals surface area contributed by atoms with Gasteiger partial charge in [0.15, 0.2) is 11.5 Å². The zero-order valence-electron chi connectivity index (χ0n) is 13.2. The standard InChI is InChI=1S/C19H14O6/c20-5-1-2-11-6-13-9-23-19(22)18(13)17(14(11)8-21)12-3-4-15-16(7-12)25-10-24-15/h3-4,6-7,20-21H,5,8-10H2. The number of carbonyl (C=O) groups is 1. The summed E-state index contributed by atoms with van der Waals surface area (Å²) >= 11 is 0. The number of carbonyl (C=O) groups excluding carboxylic acids is 1. The molecule has 2 N–H and O–H groups in total. The van der Waals surface area contributed by atoms with E-state index in [1.54, 1.807) is 24.3 Å². The van der Waals surface area contributed by atoms with E-state index in [0.717, 1.165) is 0 Å². The monoisotopic (exact) mass is 338 g/mol. The fourth-order valence-electron chi connectivity index (χ4n) is 3.12. The van der Waals surface area contributed by atoms with Crippen molar-refractivity contribution in [3.05, 3.63) is 46.5 Å². The SMILES string of the molecule is O=C1OCc2cc(C#CCO)c(CO)c(-c3ccc4c(c3)OCO4)c21. The highest BCUT2D eigenvalue weighted by molar-refractivity contribution is 6.02. The summed E-state index contributed by atoms with van der Waals surface area (Å²) in [6.07, 6.45) is 0. The Hall–Kier alpha value is -3.01. The van der Waals surface area contributed by atoms with Gasteiger partial charge in [0.25, 0.3) is 0 Å². The fourth-order valence-corrected chi connectivity index (χ4v) is 3.12. The van der Waals surface area contributed by atoms with Crippen LogP contribution in [0.2, 0.25) is 0 Å². The molecule has 0 aliphatic carbocycles. The van der Waals surface area contributed by atoms with Crippen LogP contribution in [-0.4, -0.2) is 29.6 Å². The van der Waals surface area contributed by atoms with Gasteiger partial charge in [-0.1, -0.05) is 17.9 Å². The summed E-state index contributed by atoms with van der Waals surface area (Å²) in [6.45, 7) is -0.296. The lowest BCUT2D eigenvalue weighted by molar-refractivity contribution is 0.0535. The van der Waals surface area contributed by atoms with Crippen molar-refractivity contribution >= 4 is 5.97 Å². The second-order valence-electron chi connectivity index (χ2n) is 5.57. The molecule has 6 heteroatoms. The third-order valence-electron chi connectivity index (χ3n) is 4.20. The van der Waals surface area contributed by atoms with Crippen LogP contribution < -0.4 is 9.47 Å². The summed E-state index contributed by atoms with van der Waals surface area (Å²) in [4.78, 5) is 12.3. The van der Waals surface area contributed by atoms with Gasteiger partial charge in [-0.05, 0) is 23.8 Å². The van der Waals surface area contributed by atoms with Gasteiger partial charge in [-0.3, -0.25) is 0 Å². The number of cyclic esters (lactones) is 1. The van der Waals surface area contributed by atoms with Crippen molar-refractivity contribution in [3.63, 3.8) is 0 Å². The number of hydrogen-bond acceptors (Lipinski definition) is 6. The van der Waals surface area contributed by atoms with Crippen molar-refractivity contribution < 1.29 is 29.2 Å². The van der Waals surface area contributed by atoms with Crippen LogP contribution in [0.15, 0.2) is 24.3 Å². The molecule has 0 spiro atoms. The van der Waals surface area contributed by atoms with E-state index in [4.69, 9.17) is 19.3 Å². The predicted molar refractivity (Wildman–Crippen MR) is 87.0 cm³/mol. The van der Waals surface area contributed by atoms with Gasteiger partial charge >= 0.3 is 5.97 Å². The lowest BCUT2D eigenvalue weighted by atomic mass is 9.88. The van der Waals surface area contributed by atoms with Crippen molar-refractivity contribution in [1.82, 2.24) is 0 Å². The maximum absolute atomic E-state index is 12.3. The van der Waals surface area contributed by atoms with Crippen LogP contribution in [-0.2, 0) is 18.0 Å². The Balaban J connectivity index is 1.99. The Morgan fingerprint density at radius 2 is 1.88 bits per heavy atom. The van der Waals surface area contributed by atoms with Gasteiger partial charge in [0.2, 0.25) is 6.79 Å². The largest absolute Gasteiger partial charge is 0.457 e. The highest BCUT2D eigenvalue weighted by Crippen LogP contribution is 2.41. The Kier molecular flexibility index (Phi) is 3.80. The van der Waals surface area contributed by atoms with Gasteiger partial charge in [0.1, 0.15) is 13.2 Å². The minimum atomic E-state index is -0.431. The molecule has 0 amide bonds. The normalized spacial score (nSPS) is 13.9. The lowest BCUT2D eigenvalue weighted by Crippen LogP contribution is -2.04. The molecule has 25 heavy (non-hydrogen) atoms. The van der Waals surface area contributed by atoms with Crippen molar-refractivity contribution in [1.29, 1.82) is 0 Å². The molecular formula is C19H14O6. The molecule has 2 aromatic carbocycles. The zero-order chi connectivity index (χ0) is 17.4. The van der Waals surface area contributed by atoms with Crippen molar-refractivity contribution in [2.75, 3.05) is 13.4 Å². The van der Waals surface area contributed by atoms with Crippen molar-refractivity contribution in [2.45, 2.75) is 13.2 Å². The van der Waals surface area contributed by atoms with E-state index in [1.807, 2.05) is 0 Å². The predicted octanol–water partition coefficient (Wildman–Crippen LogP) is 1.59. The van der Waals surface area contributed by atoms with Crippen LogP contribution in [0.5, 0.6) is 11.5 Å². The first-order valence-electron chi connectivity index (χ1n) is 7.69. The maximum Gasteiger partial charge on any atom is 0.339 e. The van der Waals surface area contributed by atoms with Crippen LogP contribution in [0, 0.1) is 11.8 Å². The molecule has 2 aliphatic heterocycles. The molecule has 0 saturated heterocycles. The van der Waals surface area contributed by atoms with E-state index in [9.17, 15) is 9.90 Å². The molecule has 0 atom stereocenters. The van der Waals surface area contributed by atoms with E-state index < -0.39 is 5.97 Å². The summed E-state index contributed by atoms with van der Waals surface area (Å²) < 4.78 is 15.9. The molecule has 2 heterocycles. The summed E-state index contributed by atoms with van der Waals surface area (Å²) in [5.74, 6) is 6.20.